The zero-order valence-corrected chi connectivity index (χ0v) is 15.4. The van der Waals surface area contributed by atoms with Crippen LogP contribution in [0.2, 0.25) is 0 Å². The molecule has 1 atom stereocenters. The van der Waals surface area contributed by atoms with Crippen molar-refractivity contribution in [2.24, 2.45) is 5.41 Å². The number of hydrogen-bond donors (Lipinski definition) is 3. The highest BCUT2D eigenvalue weighted by molar-refractivity contribution is 6.31. The van der Waals surface area contributed by atoms with E-state index in [1.54, 1.807) is 24.3 Å². The van der Waals surface area contributed by atoms with E-state index in [0.29, 0.717) is 0 Å². The first-order chi connectivity index (χ1) is 12.8. The Labute approximate surface area is 157 Å². The number of rotatable bonds is 6. The quantitative estimate of drug-likeness (QED) is 0.455. The number of phenols is 1. The predicted molar refractivity (Wildman–Crippen MR) is 101 cm³/mol. The Morgan fingerprint density at radius 3 is 2.26 bits per heavy atom. The lowest BCUT2D eigenvalue weighted by molar-refractivity contribution is 0.0736. The highest BCUT2D eigenvalue weighted by Gasteiger charge is 2.35. The number of carbonyl (C=O) groups is 2. The van der Waals surface area contributed by atoms with Gasteiger partial charge >= 0.3 is 0 Å². The van der Waals surface area contributed by atoms with Gasteiger partial charge in [-0.1, -0.05) is 44.5 Å². The second kappa shape index (κ2) is 7.04. The number of phenolic OH excluding ortho intramolecular Hbond substituents is 1. The molecule has 0 heterocycles. The molecular formula is C21H23NO5. The fourth-order valence-electron chi connectivity index (χ4n) is 3.45. The Morgan fingerprint density at radius 1 is 1.11 bits per heavy atom. The molecule has 4 N–H and O–H groups in total. The van der Waals surface area contributed by atoms with Crippen molar-refractivity contribution in [1.82, 2.24) is 0 Å². The normalized spacial score (nSPS) is 15.1. The zero-order valence-electron chi connectivity index (χ0n) is 15.4. The number of hydrogen-bond acceptors (Lipinski definition) is 6. The Bertz CT molecular complexity index is 921. The van der Waals surface area contributed by atoms with Crippen molar-refractivity contribution in [1.29, 1.82) is 0 Å². The highest BCUT2D eigenvalue weighted by Crippen LogP contribution is 2.41. The minimum absolute atomic E-state index is 0.0208. The molecule has 0 amide bonds. The van der Waals surface area contributed by atoms with Crippen molar-refractivity contribution < 1.29 is 24.5 Å². The van der Waals surface area contributed by atoms with Gasteiger partial charge in [0.15, 0.2) is 11.6 Å². The van der Waals surface area contributed by atoms with Crippen LogP contribution in [0.5, 0.6) is 11.5 Å². The van der Waals surface area contributed by atoms with Crippen molar-refractivity contribution in [3.8, 4) is 11.5 Å². The maximum atomic E-state index is 12.9. The van der Waals surface area contributed by atoms with Crippen LogP contribution in [0.1, 0.15) is 58.5 Å². The molecule has 27 heavy (non-hydrogen) atoms. The summed E-state index contributed by atoms with van der Waals surface area (Å²) in [6.07, 6.45) is 1.61. The van der Waals surface area contributed by atoms with Crippen LogP contribution in [0.4, 0.5) is 5.69 Å². The number of anilines is 1. The standard InChI is InChI=1S/C21H23NO5/c1-3-8-21(2,10-23)11-27-15-9-14(24)16-17(18(15)22)20(26)13-7-5-4-6-12(13)19(16)25/h4-7,9,23-24H,3,8,10-11,22H2,1-2H3. The van der Waals surface area contributed by atoms with Crippen molar-refractivity contribution in [3.05, 3.63) is 52.6 Å². The SMILES string of the molecule is CCCC(C)(CO)COc1cc(O)c2c(c1N)C(=O)c1ccccc1C2=O. The molecule has 1 aliphatic carbocycles. The number of aliphatic hydroxyl groups excluding tert-OH is 1. The fourth-order valence-corrected chi connectivity index (χ4v) is 3.45. The molecule has 0 radical (unpaired) electrons. The molecule has 0 saturated heterocycles. The van der Waals surface area contributed by atoms with Crippen LogP contribution in [0, 0.1) is 5.41 Å². The first-order valence-corrected chi connectivity index (χ1v) is 8.90. The summed E-state index contributed by atoms with van der Waals surface area (Å²) in [6, 6.07) is 7.71. The third-order valence-electron chi connectivity index (χ3n) is 4.99. The van der Waals surface area contributed by atoms with Gasteiger partial charge in [-0.25, -0.2) is 0 Å². The molecule has 0 aromatic heterocycles. The molecule has 1 aliphatic rings. The number of carbonyl (C=O) groups excluding carboxylic acids is 2. The Kier molecular flexibility index (Phi) is 4.93. The molecule has 0 fully saturated rings. The van der Waals surface area contributed by atoms with Crippen LogP contribution in [-0.4, -0.2) is 35.0 Å². The number of aromatic hydroxyl groups is 1. The number of ketones is 2. The van der Waals surface area contributed by atoms with Crippen molar-refractivity contribution >= 4 is 17.3 Å². The Morgan fingerprint density at radius 2 is 1.70 bits per heavy atom. The van der Waals surface area contributed by atoms with Gasteiger partial charge in [-0.15, -0.1) is 0 Å². The Hall–Kier alpha value is -2.86. The minimum Gasteiger partial charge on any atom is -0.507 e. The fraction of sp³-hybridized carbons (Fsp3) is 0.333. The third-order valence-corrected chi connectivity index (χ3v) is 4.99. The average Bonchev–Trinajstić information content (AvgIpc) is 2.66. The van der Waals surface area contributed by atoms with Gasteiger partial charge in [0.05, 0.1) is 30.0 Å². The topological polar surface area (TPSA) is 110 Å². The number of ether oxygens (including phenoxy) is 1. The molecule has 0 bridgehead atoms. The van der Waals surface area contributed by atoms with Crippen molar-refractivity contribution in [2.75, 3.05) is 18.9 Å². The van der Waals surface area contributed by atoms with Gasteiger partial charge < -0.3 is 20.7 Å². The van der Waals surface area contributed by atoms with Crippen molar-refractivity contribution in [3.63, 3.8) is 0 Å². The molecule has 0 saturated carbocycles. The van der Waals surface area contributed by atoms with E-state index in [9.17, 15) is 19.8 Å². The molecule has 6 nitrogen and oxygen atoms in total. The molecule has 3 rings (SSSR count). The van der Waals surface area contributed by atoms with E-state index in [1.165, 1.54) is 6.07 Å². The molecule has 0 aliphatic heterocycles. The van der Waals surface area contributed by atoms with Gasteiger partial charge in [0.25, 0.3) is 0 Å². The maximum absolute atomic E-state index is 12.9. The lowest BCUT2D eigenvalue weighted by atomic mass is 9.82. The van der Waals surface area contributed by atoms with Crippen LogP contribution >= 0.6 is 0 Å². The summed E-state index contributed by atoms with van der Waals surface area (Å²) in [7, 11) is 0. The number of aliphatic hydroxyl groups is 1. The summed E-state index contributed by atoms with van der Waals surface area (Å²) in [6.45, 7) is 3.99. The summed E-state index contributed by atoms with van der Waals surface area (Å²) in [5.74, 6) is -1.08. The van der Waals surface area contributed by atoms with Gasteiger partial charge in [-0.05, 0) is 6.42 Å². The van der Waals surface area contributed by atoms with Crippen molar-refractivity contribution in [2.45, 2.75) is 26.7 Å². The van der Waals surface area contributed by atoms with Crippen LogP contribution < -0.4 is 10.5 Å². The van der Waals surface area contributed by atoms with Gasteiger partial charge in [-0.3, -0.25) is 9.59 Å². The van der Waals surface area contributed by atoms with E-state index in [1.807, 2.05) is 13.8 Å². The lowest BCUT2D eigenvalue weighted by Crippen LogP contribution is -2.29. The van der Waals surface area contributed by atoms with Crippen LogP contribution in [0.25, 0.3) is 0 Å². The van der Waals surface area contributed by atoms with Crippen LogP contribution in [-0.2, 0) is 0 Å². The van der Waals surface area contributed by atoms with Crippen LogP contribution in [0.15, 0.2) is 30.3 Å². The molecule has 2 aromatic carbocycles. The van der Waals surface area contributed by atoms with E-state index < -0.39 is 17.0 Å². The molecule has 6 heteroatoms. The molecular weight excluding hydrogens is 346 g/mol. The second-order valence-corrected chi connectivity index (χ2v) is 7.27. The van der Waals surface area contributed by atoms with E-state index >= 15 is 0 Å². The third kappa shape index (κ3) is 3.17. The highest BCUT2D eigenvalue weighted by atomic mass is 16.5. The number of benzene rings is 2. The van der Waals surface area contributed by atoms with E-state index in [2.05, 4.69) is 0 Å². The van der Waals surface area contributed by atoms with E-state index in [-0.39, 0.29) is 52.7 Å². The number of nitrogen functional groups attached to an aromatic ring is 1. The van der Waals surface area contributed by atoms with Gasteiger partial charge in [0, 0.05) is 22.6 Å². The number of nitrogens with two attached hydrogens (primary N) is 1. The maximum Gasteiger partial charge on any atom is 0.198 e. The average molecular weight is 369 g/mol. The van der Waals surface area contributed by atoms with Gasteiger partial charge in [-0.2, -0.15) is 0 Å². The predicted octanol–water partition coefficient (Wildman–Crippen LogP) is 2.93. The van der Waals surface area contributed by atoms with E-state index in [4.69, 9.17) is 10.5 Å². The monoisotopic (exact) mass is 369 g/mol. The lowest BCUT2D eigenvalue weighted by Gasteiger charge is -2.28. The first-order valence-electron chi connectivity index (χ1n) is 8.90. The smallest absolute Gasteiger partial charge is 0.198 e. The first kappa shape index (κ1) is 18.9. The summed E-state index contributed by atoms with van der Waals surface area (Å²) >= 11 is 0. The summed E-state index contributed by atoms with van der Waals surface area (Å²) in [5, 5.41) is 20.0. The summed E-state index contributed by atoms with van der Waals surface area (Å²) in [5.41, 5.74) is 6.07. The minimum atomic E-state index is -0.473. The van der Waals surface area contributed by atoms with Gasteiger partial charge in [0.2, 0.25) is 0 Å². The molecule has 142 valence electrons. The molecule has 0 spiro atoms. The van der Waals surface area contributed by atoms with E-state index in [0.717, 1.165) is 12.8 Å². The van der Waals surface area contributed by atoms with Gasteiger partial charge in [0.1, 0.15) is 11.5 Å². The number of fused-ring (bicyclic) bond motifs is 2. The summed E-state index contributed by atoms with van der Waals surface area (Å²) < 4.78 is 5.76. The largest absolute Gasteiger partial charge is 0.507 e. The summed E-state index contributed by atoms with van der Waals surface area (Å²) in [4.78, 5) is 25.6. The zero-order chi connectivity index (χ0) is 19.8. The second-order valence-electron chi connectivity index (χ2n) is 7.27. The molecule has 2 aromatic rings. The van der Waals surface area contributed by atoms with Crippen LogP contribution in [0.3, 0.4) is 0 Å². The molecule has 1 unspecified atom stereocenters. The Balaban J connectivity index is 2.03.